The van der Waals surface area contributed by atoms with Crippen molar-refractivity contribution >= 4 is 17.3 Å². The first-order valence-corrected chi connectivity index (χ1v) is 5.83. The molecule has 6 nitrogen and oxygen atoms in total. The van der Waals surface area contributed by atoms with Crippen molar-refractivity contribution in [2.75, 3.05) is 5.32 Å². The van der Waals surface area contributed by atoms with Gasteiger partial charge in [-0.15, -0.1) is 0 Å². The lowest BCUT2D eigenvalue weighted by molar-refractivity contribution is -0.385. The van der Waals surface area contributed by atoms with Crippen LogP contribution >= 0.6 is 0 Å². The Bertz CT molecular complexity index is 547. The van der Waals surface area contributed by atoms with Crippen molar-refractivity contribution < 1.29 is 9.72 Å². The van der Waals surface area contributed by atoms with Gasteiger partial charge in [0.2, 0.25) is 5.91 Å². The van der Waals surface area contributed by atoms with E-state index in [1.54, 1.807) is 26.8 Å². The van der Waals surface area contributed by atoms with Gasteiger partial charge in [0.25, 0.3) is 5.69 Å². The Morgan fingerprint density at radius 2 is 2.11 bits per heavy atom. The van der Waals surface area contributed by atoms with Crippen molar-refractivity contribution in [2.24, 2.45) is 11.8 Å². The highest BCUT2D eigenvalue weighted by molar-refractivity contribution is 5.95. The molecule has 1 unspecified atom stereocenters. The Hall–Kier alpha value is -2.42. The summed E-state index contributed by atoms with van der Waals surface area (Å²) in [5.74, 6) is -1.34. The molecule has 0 fully saturated rings. The van der Waals surface area contributed by atoms with Crippen LogP contribution in [0, 0.1) is 40.2 Å². The highest BCUT2D eigenvalue weighted by Gasteiger charge is 2.23. The molecule has 0 aliphatic rings. The number of rotatable bonds is 4. The fourth-order valence-electron chi connectivity index (χ4n) is 1.68. The van der Waals surface area contributed by atoms with Gasteiger partial charge >= 0.3 is 0 Å². The predicted octanol–water partition coefficient (Wildman–Crippen LogP) is 2.64. The lowest BCUT2D eigenvalue weighted by Gasteiger charge is -2.14. The molecule has 100 valence electrons. The third kappa shape index (κ3) is 3.28. The summed E-state index contributed by atoms with van der Waals surface area (Å²) in [6.45, 7) is 5.10. The molecule has 1 atom stereocenters. The van der Waals surface area contributed by atoms with E-state index >= 15 is 0 Å². The molecule has 0 saturated heterocycles. The second kappa shape index (κ2) is 5.96. The summed E-state index contributed by atoms with van der Waals surface area (Å²) >= 11 is 0. The first-order valence-electron chi connectivity index (χ1n) is 5.83. The van der Waals surface area contributed by atoms with Crippen LogP contribution in [0.15, 0.2) is 18.2 Å². The minimum Gasteiger partial charge on any atom is -0.324 e. The van der Waals surface area contributed by atoms with Crippen LogP contribution in [-0.4, -0.2) is 10.8 Å². The van der Waals surface area contributed by atoms with E-state index < -0.39 is 16.7 Å². The van der Waals surface area contributed by atoms with E-state index in [1.807, 2.05) is 6.07 Å². The maximum atomic E-state index is 11.9. The molecule has 0 aliphatic heterocycles. The van der Waals surface area contributed by atoms with Gasteiger partial charge in [-0.2, -0.15) is 5.26 Å². The third-order valence-corrected chi connectivity index (χ3v) is 2.85. The van der Waals surface area contributed by atoms with Crippen LogP contribution in [0.4, 0.5) is 11.4 Å². The number of nitro groups is 1. The molecule has 0 aromatic heterocycles. The Morgan fingerprint density at radius 3 is 2.58 bits per heavy atom. The number of anilines is 1. The van der Waals surface area contributed by atoms with Crippen LogP contribution in [0.2, 0.25) is 0 Å². The van der Waals surface area contributed by atoms with Crippen molar-refractivity contribution in [3.8, 4) is 6.07 Å². The zero-order chi connectivity index (χ0) is 14.6. The van der Waals surface area contributed by atoms with Crippen molar-refractivity contribution in [2.45, 2.75) is 20.8 Å². The normalized spacial score (nSPS) is 11.7. The van der Waals surface area contributed by atoms with E-state index in [1.165, 1.54) is 12.1 Å². The largest absolute Gasteiger partial charge is 0.324 e. The van der Waals surface area contributed by atoms with Gasteiger partial charge < -0.3 is 5.32 Å². The first-order chi connectivity index (χ1) is 8.88. The number of carbonyl (C=O) groups is 1. The van der Waals surface area contributed by atoms with Gasteiger partial charge in [0.15, 0.2) is 0 Å². The monoisotopic (exact) mass is 261 g/mol. The SMILES string of the molecule is Cc1c(NC(=O)C(C#N)C(C)C)cccc1[N+](=O)[O-]. The number of hydrogen-bond donors (Lipinski definition) is 1. The zero-order valence-electron chi connectivity index (χ0n) is 11.0. The number of nitro benzene ring substituents is 1. The summed E-state index contributed by atoms with van der Waals surface area (Å²) in [6, 6.07) is 6.38. The first kappa shape index (κ1) is 14.6. The molecule has 0 bridgehead atoms. The number of nitrogens with zero attached hydrogens (tertiary/aromatic N) is 2. The van der Waals surface area contributed by atoms with Gasteiger partial charge in [-0.25, -0.2) is 0 Å². The summed E-state index contributed by atoms with van der Waals surface area (Å²) in [4.78, 5) is 22.2. The van der Waals surface area contributed by atoms with Crippen LogP contribution in [0.1, 0.15) is 19.4 Å². The van der Waals surface area contributed by atoms with E-state index in [0.717, 1.165) is 0 Å². The third-order valence-electron chi connectivity index (χ3n) is 2.85. The summed E-state index contributed by atoms with van der Waals surface area (Å²) in [7, 11) is 0. The van der Waals surface area contributed by atoms with Crippen molar-refractivity contribution in [1.29, 1.82) is 5.26 Å². The van der Waals surface area contributed by atoms with Gasteiger partial charge in [0, 0.05) is 6.07 Å². The molecule has 0 aliphatic carbocycles. The van der Waals surface area contributed by atoms with Crippen LogP contribution in [0.5, 0.6) is 0 Å². The molecule has 1 aromatic carbocycles. The average Bonchev–Trinajstić information content (AvgIpc) is 2.31. The van der Waals surface area contributed by atoms with Crippen LogP contribution in [0.25, 0.3) is 0 Å². The fraction of sp³-hybridized carbons (Fsp3) is 0.385. The molecule has 1 amide bonds. The molecular weight excluding hydrogens is 246 g/mol. The highest BCUT2D eigenvalue weighted by Crippen LogP contribution is 2.25. The smallest absolute Gasteiger partial charge is 0.274 e. The van der Waals surface area contributed by atoms with E-state index in [2.05, 4.69) is 5.32 Å². The van der Waals surface area contributed by atoms with Crippen molar-refractivity contribution in [1.82, 2.24) is 0 Å². The van der Waals surface area contributed by atoms with Gasteiger partial charge in [-0.3, -0.25) is 14.9 Å². The maximum absolute atomic E-state index is 11.9. The van der Waals surface area contributed by atoms with E-state index in [-0.39, 0.29) is 11.6 Å². The van der Waals surface area contributed by atoms with Gasteiger partial charge in [-0.05, 0) is 18.9 Å². The molecule has 1 rings (SSSR count). The number of hydrogen-bond acceptors (Lipinski definition) is 4. The van der Waals surface area contributed by atoms with Crippen LogP contribution < -0.4 is 5.32 Å². The summed E-state index contributed by atoms with van der Waals surface area (Å²) < 4.78 is 0. The van der Waals surface area contributed by atoms with Gasteiger partial charge in [0.05, 0.1) is 22.2 Å². The van der Waals surface area contributed by atoms with Crippen molar-refractivity contribution in [3.05, 3.63) is 33.9 Å². The van der Waals surface area contributed by atoms with Crippen molar-refractivity contribution in [3.63, 3.8) is 0 Å². The molecule has 0 spiro atoms. The second-order valence-electron chi connectivity index (χ2n) is 4.55. The Morgan fingerprint density at radius 1 is 1.47 bits per heavy atom. The quantitative estimate of drug-likeness (QED) is 0.665. The molecule has 0 heterocycles. The summed E-state index contributed by atoms with van der Waals surface area (Å²) in [5.41, 5.74) is 0.678. The Labute approximate surface area is 111 Å². The van der Waals surface area contributed by atoms with Gasteiger partial charge in [0.1, 0.15) is 5.92 Å². The highest BCUT2D eigenvalue weighted by atomic mass is 16.6. The van der Waals surface area contributed by atoms with E-state index in [9.17, 15) is 14.9 Å². The number of nitrogens with one attached hydrogen (secondary N) is 1. The van der Waals surface area contributed by atoms with E-state index in [4.69, 9.17) is 5.26 Å². The number of amides is 1. The molecule has 1 aromatic rings. The fourth-order valence-corrected chi connectivity index (χ4v) is 1.68. The lowest BCUT2D eigenvalue weighted by atomic mass is 9.96. The molecule has 0 saturated carbocycles. The Balaban J connectivity index is 3.01. The maximum Gasteiger partial charge on any atom is 0.274 e. The predicted molar refractivity (Wildman–Crippen MR) is 70.4 cm³/mol. The molecule has 19 heavy (non-hydrogen) atoms. The number of benzene rings is 1. The summed E-state index contributed by atoms with van der Waals surface area (Å²) in [6.07, 6.45) is 0. The molecule has 6 heteroatoms. The van der Waals surface area contributed by atoms with E-state index in [0.29, 0.717) is 11.3 Å². The van der Waals surface area contributed by atoms with Crippen LogP contribution in [0.3, 0.4) is 0 Å². The standard InChI is InChI=1S/C13H15N3O3/c1-8(2)10(7-14)13(17)15-11-5-4-6-12(9(11)3)16(18)19/h4-6,8,10H,1-3H3,(H,15,17). The zero-order valence-corrected chi connectivity index (χ0v) is 11.0. The average molecular weight is 261 g/mol. The topological polar surface area (TPSA) is 96.0 Å². The molecule has 1 N–H and O–H groups in total. The van der Waals surface area contributed by atoms with Crippen LogP contribution in [-0.2, 0) is 4.79 Å². The second-order valence-corrected chi connectivity index (χ2v) is 4.55. The minimum atomic E-state index is -0.779. The van der Waals surface area contributed by atoms with Gasteiger partial charge in [-0.1, -0.05) is 19.9 Å². The molecule has 0 radical (unpaired) electrons. The number of carbonyl (C=O) groups excluding carboxylic acids is 1. The summed E-state index contributed by atoms with van der Waals surface area (Å²) in [5, 5.41) is 22.3. The molecular formula is C13H15N3O3. The minimum absolute atomic E-state index is 0.0594. The number of nitriles is 1. The lowest BCUT2D eigenvalue weighted by Crippen LogP contribution is -2.26. The Kier molecular flexibility index (Phi) is 4.59.